The number of alkyl halides is 3. The molecule has 12 heteroatoms. The number of hydrogen-bond acceptors (Lipinski definition) is 5. The summed E-state index contributed by atoms with van der Waals surface area (Å²) in [6.07, 6.45) is -1.51. The molecule has 3 N–H and O–H groups in total. The number of pyridine rings is 1. The quantitative estimate of drug-likeness (QED) is 0.574. The number of para-hydroxylation sites is 1. The van der Waals surface area contributed by atoms with Gasteiger partial charge in [0.15, 0.2) is 5.69 Å². The number of amides is 3. The minimum Gasteiger partial charge on any atom is -0.364 e. The third kappa shape index (κ3) is 4.08. The maximum Gasteiger partial charge on any atom is 0.416 e. The van der Waals surface area contributed by atoms with Gasteiger partial charge in [0.25, 0.3) is 5.91 Å². The summed E-state index contributed by atoms with van der Waals surface area (Å²) in [6.45, 7) is -0.220. The van der Waals surface area contributed by atoms with Gasteiger partial charge < -0.3 is 16.0 Å². The molecular weight excluding hydrogens is 465 g/mol. The van der Waals surface area contributed by atoms with Crippen LogP contribution in [0.15, 0.2) is 42.6 Å². The van der Waals surface area contributed by atoms with E-state index < -0.39 is 29.6 Å². The molecule has 35 heavy (non-hydrogen) atoms. The van der Waals surface area contributed by atoms with E-state index in [-0.39, 0.29) is 35.9 Å². The third-order valence-electron chi connectivity index (χ3n) is 6.66. The maximum absolute atomic E-state index is 13.4. The molecule has 5 rings (SSSR count). The predicted octanol–water partition coefficient (Wildman–Crippen LogP) is 2.57. The van der Waals surface area contributed by atoms with Crippen molar-refractivity contribution in [2.45, 2.75) is 44.1 Å². The van der Waals surface area contributed by atoms with Gasteiger partial charge in [-0.1, -0.05) is 18.2 Å². The number of aromatic nitrogens is 3. The van der Waals surface area contributed by atoms with Gasteiger partial charge in [0.1, 0.15) is 18.4 Å². The average molecular weight is 486 g/mol. The Kier molecular flexibility index (Phi) is 5.45. The van der Waals surface area contributed by atoms with Crippen LogP contribution in [-0.2, 0) is 22.3 Å². The molecule has 3 amide bonds. The van der Waals surface area contributed by atoms with E-state index in [1.165, 1.54) is 9.58 Å². The number of benzene rings is 1. The molecule has 0 unspecified atom stereocenters. The van der Waals surface area contributed by atoms with E-state index in [4.69, 9.17) is 5.73 Å². The van der Waals surface area contributed by atoms with E-state index in [0.29, 0.717) is 17.3 Å². The zero-order valence-electron chi connectivity index (χ0n) is 18.3. The van der Waals surface area contributed by atoms with Crippen LogP contribution in [-0.4, -0.2) is 49.5 Å². The minimum atomic E-state index is -4.58. The maximum atomic E-state index is 13.4. The third-order valence-corrected chi connectivity index (χ3v) is 6.66. The molecule has 182 valence electrons. The second-order valence-corrected chi connectivity index (χ2v) is 8.78. The van der Waals surface area contributed by atoms with Gasteiger partial charge in [0.05, 0.1) is 11.1 Å². The van der Waals surface area contributed by atoms with Crippen LogP contribution in [0.2, 0.25) is 0 Å². The summed E-state index contributed by atoms with van der Waals surface area (Å²) in [6, 6.07) is 7.44. The largest absolute Gasteiger partial charge is 0.416 e. The van der Waals surface area contributed by atoms with Crippen LogP contribution < -0.4 is 11.1 Å². The summed E-state index contributed by atoms with van der Waals surface area (Å²) in [5, 5.41) is 7.18. The molecule has 2 fully saturated rings. The highest BCUT2D eigenvalue weighted by Crippen LogP contribution is 2.43. The second kappa shape index (κ2) is 8.36. The van der Waals surface area contributed by atoms with Gasteiger partial charge in [-0.2, -0.15) is 18.3 Å². The Morgan fingerprint density at radius 3 is 2.66 bits per heavy atom. The number of primary amides is 1. The number of carbonyl (C=O) groups is 3. The molecular formula is C23H21F3N6O3. The summed E-state index contributed by atoms with van der Waals surface area (Å²) in [4.78, 5) is 43.6. The normalized spacial score (nSPS) is 21.5. The van der Waals surface area contributed by atoms with Crippen LogP contribution in [0.25, 0.3) is 10.9 Å². The fourth-order valence-corrected chi connectivity index (χ4v) is 5.20. The van der Waals surface area contributed by atoms with E-state index in [2.05, 4.69) is 15.4 Å². The molecule has 0 radical (unpaired) electrons. The van der Waals surface area contributed by atoms with Gasteiger partial charge in [-0.05, 0) is 43.4 Å². The molecule has 3 aromatic rings. The molecule has 1 saturated heterocycles. The monoisotopic (exact) mass is 486 g/mol. The van der Waals surface area contributed by atoms with Crippen LogP contribution in [0.4, 0.5) is 19.0 Å². The van der Waals surface area contributed by atoms with Crippen LogP contribution in [0.1, 0.15) is 35.3 Å². The topological polar surface area (TPSA) is 123 Å². The van der Waals surface area contributed by atoms with Crippen molar-refractivity contribution in [2.24, 2.45) is 11.7 Å². The van der Waals surface area contributed by atoms with Gasteiger partial charge in [-0.3, -0.25) is 19.1 Å². The number of nitrogens with zero attached hydrogens (tertiary/aromatic N) is 4. The SMILES string of the molecule is NC(=O)c1nn(CC(=O)N2[C@@H]3CC[C@@H](C3)[C@H]2C(=O)Nc2cc(C(F)(F)F)ccn2)c2ccccc12. The number of nitrogens with one attached hydrogen (secondary N) is 1. The molecule has 1 aliphatic heterocycles. The smallest absolute Gasteiger partial charge is 0.364 e. The highest BCUT2D eigenvalue weighted by Gasteiger charge is 2.51. The van der Waals surface area contributed by atoms with Gasteiger partial charge in [0.2, 0.25) is 11.8 Å². The first-order valence-electron chi connectivity index (χ1n) is 11.0. The van der Waals surface area contributed by atoms with Gasteiger partial charge in [-0.25, -0.2) is 4.98 Å². The molecule has 2 bridgehead atoms. The number of hydrogen-bond donors (Lipinski definition) is 2. The predicted molar refractivity (Wildman–Crippen MR) is 118 cm³/mol. The lowest BCUT2D eigenvalue weighted by atomic mass is 9.97. The van der Waals surface area contributed by atoms with Gasteiger partial charge in [-0.15, -0.1) is 0 Å². The van der Waals surface area contributed by atoms with Crippen molar-refractivity contribution in [3.63, 3.8) is 0 Å². The standard InChI is InChI=1S/C23H21F3N6O3/c24-23(25,26)13-7-8-28-17(10-13)29-22(35)20-12-5-6-14(9-12)32(20)18(33)11-31-16-4-2-1-3-15(16)19(30-31)21(27)34/h1-4,7-8,10,12,14,20H,5-6,9,11H2,(H2,27,34)(H,28,29,35)/t12-,14+,20-/m0/s1. The number of rotatable bonds is 5. The number of anilines is 1. The zero-order valence-corrected chi connectivity index (χ0v) is 18.3. The summed E-state index contributed by atoms with van der Waals surface area (Å²) in [7, 11) is 0. The number of nitrogens with two attached hydrogens (primary N) is 1. The molecule has 1 aromatic carbocycles. The Labute approximate surface area is 197 Å². The van der Waals surface area contributed by atoms with Crippen LogP contribution in [0.5, 0.6) is 0 Å². The van der Waals surface area contributed by atoms with E-state index in [0.717, 1.165) is 31.2 Å². The van der Waals surface area contributed by atoms with Crippen molar-refractivity contribution in [2.75, 3.05) is 5.32 Å². The van der Waals surface area contributed by atoms with Gasteiger partial charge >= 0.3 is 6.18 Å². The average Bonchev–Trinajstić information content (AvgIpc) is 3.52. The summed E-state index contributed by atoms with van der Waals surface area (Å²) in [5.74, 6) is -2.02. The molecule has 3 heterocycles. The minimum absolute atomic E-state index is 0.0428. The lowest BCUT2D eigenvalue weighted by molar-refractivity contribution is -0.141. The Bertz CT molecular complexity index is 1340. The van der Waals surface area contributed by atoms with Crippen molar-refractivity contribution < 1.29 is 27.6 Å². The number of carbonyl (C=O) groups excluding carboxylic acids is 3. The van der Waals surface area contributed by atoms with Crippen LogP contribution in [0, 0.1) is 5.92 Å². The van der Waals surface area contributed by atoms with Crippen molar-refractivity contribution in [3.8, 4) is 0 Å². The molecule has 9 nitrogen and oxygen atoms in total. The summed E-state index contributed by atoms with van der Waals surface area (Å²) < 4.78 is 40.5. The number of halogens is 3. The summed E-state index contributed by atoms with van der Waals surface area (Å²) in [5.41, 5.74) is 5.09. The van der Waals surface area contributed by atoms with E-state index >= 15 is 0 Å². The fraction of sp³-hybridized carbons (Fsp3) is 0.348. The van der Waals surface area contributed by atoms with Crippen molar-refractivity contribution in [1.82, 2.24) is 19.7 Å². The van der Waals surface area contributed by atoms with Crippen molar-refractivity contribution in [1.29, 1.82) is 0 Å². The highest BCUT2D eigenvalue weighted by atomic mass is 19.4. The van der Waals surface area contributed by atoms with Crippen molar-refractivity contribution in [3.05, 3.63) is 53.9 Å². The van der Waals surface area contributed by atoms with Crippen LogP contribution >= 0.6 is 0 Å². The number of piperidine rings is 1. The Hall–Kier alpha value is -3.96. The number of fused-ring (bicyclic) bond motifs is 3. The first-order valence-corrected chi connectivity index (χ1v) is 11.0. The van der Waals surface area contributed by atoms with Crippen LogP contribution in [0.3, 0.4) is 0 Å². The molecule has 2 aliphatic rings. The van der Waals surface area contributed by atoms with E-state index in [1.54, 1.807) is 24.3 Å². The lowest BCUT2D eigenvalue weighted by Crippen LogP contribution is -2.52. The van der Waals surface area contributed by atoms with E-state index in [9.17, 15) is 27.6 Å². The molecule has 2 aromatic heterocycles. The highest BCUT2D eigenvalue weighted by molar-refractivity contribution is 6.04. The Morgan fingerprint density at radius 1 is 1.14 bits per heavy atom. The first-order chi connectivity index (χ1) is 16.6. The Morgan fingerprint density at radius 2 is 1.91 bits per heavy atom. The lowest BCUT2D eigenvalue weighted by Gasteiger charge is -2.34. The Balaban J connectivity index is 1.39. The molecule has 1 aliphatic carbocycles. The zero-order chi connectivity index (χ0) is 24.9. The van der Waals surface area contributed by atoms with Crippen molar-refractivity contribution >= 4 is 34.4 Å². The fourth-order valence-electron chi connectivity index (χ4n) is 5.20. The number of likely N-dealkylation sites (tertiary alicyclic amines) is 1. The molecule has 0 spiro atoms. The second-order valence-electron chi connectivity index (χ2n) is 8.78. The summed E-state index contributed by atoms with van der Waals surface area (Å²) >= 11 is 0. The first kappa shape index (κ1) is 22.8. The molecule has 1 saturated carbocycles. The van der Waals surface area contributed by atoms with E-state index in [1.807, 2.05) is 0 Å². The molecule has 3 atom stereocenters. The van der Waals surface area contributed by atoms with Gasteiger partial charge in [0, 0.05) is 17.6 Å².